The highest BCUT2D eigenvalue weighted by atomic mass is 16.1. The number of rotatable bonds is 9. The summed E-state index contributed by atoms with van der Waals surface area (Å²) in [5, 5.41) is 2.62. The molecular weight excluding hydrogens is 214 g/mol. The van der Waals surface area contributed by atoms with Crippen LogP contribution in [0.1, 0.15) is 46.0 Å². The molecular formula is C14H25NO2. The van der Waals surface area contributed by atoms with Crippen LogP contribution in [0.3, 0.4) is 0 Å². The lowest BCUT2D eigenvalue weighted by atomic mass is 9.85. The second-order valence-electron chi connectivity index (χ2n) is 4.54. The molecule has 0 aromatic heterocycles. The van der Waals surface area contributed by atoms with Crippen molar-refractivity contribution in [1.29, 1.82) is 0 Å². The standard InChI is InChI=1S/C14H25NO2/c1-5-11(6-2)8-12(9-13(16)7-3)10-14(17)15-4/h7,11-12H,3,5-6,8-10H2,1-2,4H3,(H,15,17). The molecule has 1 unspecified atom stereocenters. The highest BCUT2D eigenvalue weighted by Gasteiger charge is 2.19. The van der Waals surface area contributed by atoms with Crippen LogP contribution in [-0.2, 0) is 9.59 Å². The maximum atomic E-state index is 11.4. The summed E-state index contributed by atoms with van der Waals surface area (Å²) in [5.41, 5.74) is 0. The zero-order valence-corrected chi connectivity index (χ0v) is 11.3. The van der Waals surface area contributed by atoms with E-state index in [2.05, 4.69) is 25.7 Å². The van der Waals surface area contributed by atoms with Crippen molar-refractivity contribution in [3.8, 4) is 0 Å². The Morgan fingerprint density at radius 2 is 1.76 bits per heavy atom. The van der Waals surface area contributed by atoms with Gasteiger partial charge in [-0.2, -0.15) is 0 Å². The molecule has 0 rings (SSSR count). The second kappa shape index (κ2) is 8.97. The molecule has 0 saturated carbocycles. The zero-order chi connectivity index (χ0) is 13.3. The lowest BCUT2D eigenvalue weighted by Crippen LogP contribution is -2.23. The number of carbonyl (C=O) groups is 2. The van der Waals surface area contributed by atoms with E-state index in [9.17, 15) is 9.59 Å². The quantitative estimate of drug-likeness (QED) is 0.629. The van der Waals surface area contributed by atoms with Gasteiger partial charge in [-0.15, -0.1) is 0 Å². The number of amides is 1. The topological polar surface area (TPSA) is 46.2 Å². The minimum Gasteiger partial charge on any atom is -0.359 e. The molecule has 0 saturated heterocycles. The molecule has 3 heteroatoms. The van der Waals surface area contributed by atoms with Gasteiger partial charge in [-0.05, 0) is 24.3 Å². The monoisotopic (exact) mass is 239 g/mol. The van der Waals surface area contributed by atoms with Crippen molar-refractivity contribution in [3.63, 3.8) is 0 Å². The lowest BCUT2D eigenvalue weighted by Gasteiger charge is -2.20. The van der Waals surface area contributed by atoms with Crippen LogP contribution in [0.25, 0.3) is 0 Å². The van der Waals surface area contributed by atoms with Crippen LogP contribution in [0.15, 0.2) is 12.7 Å². The summed E-state index contributed by atoms with van der Waals surface area (Å²) in [4.78, 5) is 22.8. The average molecular weight is 239 g/mol. The van der Waals surface area contributed by atoms with Crippen molar-refractivity contribution in [2.45, 2.75) is 46.0 Å². The molecule has 0 fully saturated rings. The van der Waals surface area contributed by atoms with E-state index in [1.54, 1.807) is 7.05 Å². The van der Waals surface area contributed by atoms with Gasteiger partial charge < -0.3 is 5.32 Å². The third-order valence-electron chi connectivity index (χ3n) is 3.29. The van der Waals surface area contributed by atoms with E-state index in [1.807, 2.05) is 0 Å². The Kier molecular flexibility index (Phi) is 8.38. The van der Waals surface area contributed by atoms with Gasteiger partial charge in [0, 0.05) is 19.9 Å². The first kappa shape index (κ1) is 15.9. The largest absolute Gasteiger partial charge is 0.359 e. The van der Waals surface area contributed by atoms with Gasteiger partial charge in [0.05, 0.1) is 0 Å². The van der Waals surface area contributed by atoms with E-state index in [0.717, 1.165) is 19.3 Å². The number of allylic oxidation sites excluding steroid dienone is 1. The van der Waals surface area contributed by atoms with E-state index in [1.165, 1.54) is 6.08 Å². The summed E-state index contributed by atoms with van der Waals surface area (Å²) in [6.45, 7) is 7.79. The fourth-order valence-corrected chi connectivity index (χ4v) is 2.06. The van der Waals surface area contributed by atoms with E-state index in [-0.39, 0.29) is 17.6 Å². The summed E-state index contributed by atoms with van der Waals surface area (Å²) in [6.07, 6.45) is 5.37. The second-order valence-corrected chi connectivity index (χ2v) is 4.54. The Hall–Kier alpha value is -1.12. The number of carbonyl (C=O) groups excluding carboxylic acids is 2. The lowest BCUT2D eigenvalue weighted by molar-refractivity contribution is -0.122. The Morgan fingerprint density at radius 3 is 2.18 bits per heavy atom. The van der Waals surface area contributed by atoms with Gasteiger partial charge in [-0.3, -0.25) is 9.59 Å². The molecule has 0 aliphatic rings. The minimum atomic E-state index is 0.0119. The third kappa shape index (κ3) is 6.93. The normalized spacial score (nSPS) is 12.2. The molecule has 3 nitrogen and oxygen atoms in total. The third-order valence-corrected chi connectivity index (χ3v) is 3.29. The molecule has 1 amide bonds. The number of hydrogen-bond acceptors (Lipinski definition) is 2. The van der Waals surface area contributed by atoms with Crippen LogP contribution in [0.2, 0.25) is 0 Å². The Bertz CT molecular complexity index is 257. The van der Waals surface area contributed by atoms with Gasteiger partial charge in [0.1, 0.15) is 0 Å². The van der Waals surface area contributed by atoms with Gasteiger partial charge in [0.15, 0.2) is 5.78 Å². The molecule has 0 heterocycles. The van der Waals surface area contributed by atoms with Gasteiger partial charge in [-0.1, -0.05) is 33.3 Å². The van der Waals surface area contributed by atoms with E-state index < -0.39 is 0 Å². The molecule has 1 N–H and O–H groups in total. The molecule has 0 aliphatic heterocycles. The summed E-state index contributed by atoms with van der Waals surface area (Å²) < 4.78 is 0. The van der Waals surface area contributed by atoms with E-state index >= 15 is 0 Å². The number of nitrogens with one attached hydrogen (secondary N) is 1. The summed E-state index contributed by atoms with van der Waals surface area (Å²) in [6, 6.07) is 0. The van der Waals surface area contributed by atoms with Crippen LogP contribution < -0.4 is 5.32 Å². The molecule has 0 aliphatic carbocycles. The van der Waals surface area contributed by atoms with E-state index in [0.29, 0.717) is 18.8 Å². The fraction of sp³-hybridized carbons (Fsp3) is 0.714. The highest BCUT2D eigenvalue weighted by molar-refractivity contribution is 5.89. The average Bonchev–Trinajstić information content (AvgIpc) is 2.34. The fourth-order valence-electron chi connectivity index (χ4n) is 2.06. The van der Waals surface area contributed by atoms with Crippen LogP contribution in [0, 0.1) is 11.8 Å². The van der Waals surface area contributed by atoms with Crippen LogP contribution in [-0.4, -0.2) is 18.7 Å². The SMILES string of the molecule is C=CC(=O)CC(CC(=O)NC)CC(CC)CC. The smallest absolute Gasteiger partial charge is 0.220 e. The predicted octanol–water partition coefficient (Wildman–Crippen LogP) is 2.71. The van der Waals surface area contributed by atoms with Gasteiger partial charge >= 0.3 is 0 Å². The highest BCUT2D eigenvalue weighted by Crippen LogP contribution is 2.24. The first-order chi connectivity index (χ1) is 8.07. The molecule has 0 aromatic rings. The molecule has 0 radical (unpaired) electrons. The Balaban J connectivity index is 4.42. The van der Waals surface area contributed by atoms with Crippen molar-refractivity contribution >= 4 is 11.7 Å². The van der Waals surface area contributed by atoms with Crippen molar-refractivity contribution < 1.29 is 9.59 Å². The Labute approximate surface area is 105 Å². The van der Waals surface area contributed by atoms with Crippen LogP contribution in [0.5, 0.6) is 0 Å². The van der Waals surface area contributed by atoms with Crippen molar-refractivity contribution in [2.75, 3.05) is 7.05 Å². The maximum absolute atomic E-state index is 11.4. The van der Waals surface area contributed by atoms with Crippen molar-refractivity contribution in [2.24, 2.45) is 11.8 Å². The van der Waals surface area contributed by atoms with Gasteiger partial charge in [0.25, 0.3) is 0 Å². The summed E-state index contributed by atoms with van der Waals surface area (Å²) >= 11 is 0. The molecule has 17 heavy (non-hydrogen) atoms. The molecule has 0 aromatic carbocycles. The molecule has 0 spiro atoms. The van der Waals surface area contributed by atoms with Gasteiger partial charge in [0.2, 0.25) is 5.91 Å². The van der Waals surface area contributed by atoms with Crippen molar-refractivity contribution in [3.05, 3.63) is 12.7 Å². The van der Waals surface area contributed by atoms with Crippen molar-refractivity contribution in [1.82, 2.24) is 5.32 Å². The predicted molar refractivity (Wildman–Crippen MR) is 70.7 cm³/mol. The first-order valence-electron chi connectivity index (χ1n) is 6.43. The molecule has 1 atom stereocenters. The number of hydrogen-bond donors (Lipinski definition) is 1. The van der Waals surface area contributed by atoms with Crippen LogP contribution in [0.4, 0.5) is 0 Å². The zero-order valence-electron chi connectivity index (χ0n) is 11.3. The first-order valence-corrected chi connectivity index (χ1v) is 6.43. The summed E-state index contributed by atoms with van der Waals surface area (Å²) in [7, 11) is 1.63. The maximum Gasteiger partial charge on any atom is 0.220 e. The summed E-state index contributed by atoms with van der Waals surface area (Å²) in [5.74, 6) is 0.787. The minimum absolute atomic E-state index is 0.0119. The number of ketones is 1. The molecule has 0 bridgehead atoms. The van der Waals surface area contributed by atoms with E-state index in [4.69, 9.17) is 0 Å². The molecule has 98 valence electrons. The van der Waals surface area contributed by atoms with Gasteiger partial charge in [-0.25, -0.2) is 0 Å². The Morgan fingerprint density at radius 1 is 1.18 bits per heavy atom. The van der Waals surface area contributed by atoms with Crippen LogP contribution >= 0.6 is 0 Å².